The van der Waals surface area contributed by atoms with E-state index in [0.717, 1.165) is 5.65 Å². The predicted octanol–water partition coefficient (Wildman–Crippen LogP) is 3.37. The summed E-state index contributed by atoms with van der Waals surface area (Å²) in [5.41, 5.74) is 4.01. The fourth-order valence-electron chi connectivity index (χ4n) is 2.93. The Morgan fingerprint density at radius 1 is 1.31 bits per heavy atom. The Bertz CT molecular complexity index is 551. The molecule has 3 rings (SSSR count). The zero-order chi connectivity index (χ0) is 11.5. The van der Waals surface area contributed by atoms with Gasteiger partial charge in [0, 0.05) is 18.3 Å². The van der Waals surface area contributed by atoms with Gasteiger partial charge in [0.2, 0.25) is 0 Å². The average molecular weight is 214 g/mol. The van der Waals surface area contributed by atoms with Crippen LogP contribution in [0.3, 0.4) is 0 Å². The highest BCUT2D eigenvalue weighted by atomic mass is 15.0. The molecular weight excluding hydrogens is 196 g/mol. The maximum atomic E-state index is 4.81. The molecule has 0 bridgehead atoms. The minimum Gasteiger partial charge on any atom is -0.308 e. The molecule has 2 heterocycles. The quantitative estimate of drug-likeness (QED) is 0.657. The second kappa shape index (κ2) is 2.88. The van der Waals surface area contributed by atoms with E-state index in [1.807, 2.05) is 0 Å². The van der Waals surface area contributed by atoms with Crippen molar-refractivity contribution >= 4 is 5.65 Å². The zero-order valence-electron chi connectivity index (χ0n) is 10.4. The average Bonchev–Trinajstić information content (AvgIpc) is 2.76. The summed E-state index contributed by atoms with van der Waals surface area (Å²) in [6, 6.07) is 4.13. The highest BCUT2D eigenvalue weighted by molar-refractivity contribution is 5.47. The van der Waals surface area contributed by atoms with Crippen LogP contribution in [0.2, 0.25) is 0 Å². The monoisotopic (exact) mass is 214 g/mol. The van der Waals surface area contributed by atoms with Crippen molar-refractivity contribution < 1.29 is 0 Å². The van der Waals surface area contributed by atoms with Gasteiger partial charge < -0.3 is 4.40 Å². The summed E-state index contributed by atoms with van der Waals surface area (Å²) in [4.78, 5) is 4.81. The van der Waals surface area contributed by atoms with E-state index in [2.05, 4.69) is 56.6 Å². The highest BCUT2D eigenvalue weighted by Crippen LogP contribution is 2.48. The van der Waals surface area contributed by atoms with Crippen LogP contribution in [-0.2, 0) is 5.41 Å². The molecule has 0 radical (unpaired) electrons. The first-order valence-electron chi connectivity index (χ1n) is 6.00. The highest BCUT2D eigenvalue weighted by Gasteiger charge is 2.42. The lowest BCUT2D eigenvalue weighted by Crippen LogP contribution is -2.22. The van der Waals surface area contributed by atoms with Crippen molar-refractivity contribution in [2.45, 2.75) is 39.0 Å². The van der Waals surface area contributed by atoms with E-state index in [0.29, 0.717) is 11.8 Å². The molecule has 0 saturated carbocycles. The molecule has 0 unspecified atom stereocenters. The molecule has 1 aliphatic rings. The Morgan fingerprint density at radius 2 is 2.06 bits per heavy atom. The van der Waals surface area contributed by atoms with E-state index >= 15 is 0 Å². The van der Waals surface area contributed by atoms with Crippen LogP contribution in [-0.4, -0.2) is 9.38 Å². The van der Waals surface area contributed by atoms with Gasteiger partial charge in [-0.25, -0.2) is 4.98 Å². The summed E-state index contributed by atoms with van der Waals surface area (Å²) >= 11 is 0. The molecule has 2 heteroatoms. The molecule has 2 aromatic rings. The Hall–Kier alpha value is -1.31. The van der Waals surface area contributed by atoms with Crippen LogP contribution in [0.25, 0.3) is 5.65 Å². The van der Waals surface area contributed by atoms with Crippen molar-refractivity contribution in [2.75, 3.05) is 0 Å². The topological polar surface area (TPSA) is 17.3 Å². The Balaban J connectivity index is 2.33. The van der Waals surface area contributed by atoms with Crippen LogP contribution in [0.4, 0.5) is 0 Å². The van der Waals surface area contributed by atoms with E-state index in [4.69, 9.17) is 4.98 Å². The van der Waals surface area contributed by atoms with Crippen molar-refractivity contribution in [1.29, 1.82) is 0 Å². The van der Waals surface area contributed by atoms with Crippen LogP contribution in [0.1, 0.15) is 44.9 Å². The van der Waals surface area contributed by atoms with Crippen molar-refractivity contribution in [3.63, 3.8) is 0 Å². The van der Waals surface area contributed by atoms with Crippen molar-refractivity contribution in [3.8, 4) is 0 Å². The molecule has 0 amide bonds. The molecule has 0 aliphatic heterocycles. The lowest BCUT2D eigenvalue weighted by atomic mass is 9.78. The summed E-state index contributed by atoms with van der Waals surface area (Å²) in [6.07, 6.45) is 4.34. The summed E-state index contributed by atoms with van der Waals surface area (Å²) in [7, 11) is 0. The summed E-state index contributed by atoms with van der Waals surface area (Å²) in [5.74, 6) is 1.21. The SMILES string of the molecule is C[C@@H]1[C@@H](C)c2nc3cccn3cc2C1(C)C. The largest absolute Gasteiger partial charge is 0.308 e. The van der Waals surface area contributed by atoms with Gasteiger partial charge in [-0.1, -0.05) is 27.7 Å². The predicted molar refractivity (Wildman–Crippen MR) is 65.8 cm³/mol. The lowest BCUT2D eigenvalue weighted by Gasteiger charge is -2.26. The Morgan fingerprint density at radius 3 is 2.81 bits per heavy atom. The molecule has 0 fully saturated rings. The zero-order valence-corrected chi connectivity index (χ0v) is 10.4. The van der Waals surface area contributed by atoms with Crippen LogP contribution < -0.4 is 0 Å². The maximum Gasteiger partial charge on any atom is 0.136 e. The number of nitrogens with zero attached hydrogens (tertiary/aromatic N) is 2. The van der Waals surface area contributed by atoms with Gasteiger partial charge in [0.25, 0.3) is 0 Å². The Labute approximate surface area is 96.3 Å². The normalized spacial score (nSPS) is 27.2. The van der Waals surface area contributed by atoms with Crippen molar-refractivity contribution in [1.82, 2.24) is 9.38 Å². The van der Waals surface area contributed by atoms with E-state index in [9.17, 15) is 0 Å². The van der Waals surface area contributed by atoms with Crippen LogP contribution in [0.5, 0.6) is 0 Å². The third-order valence-electron chi connectivity index (χ3n) is 4.55. The van der Waals surface area contributed by atoms with Gasteiger partial charge in [0.05, 0.1) is 5.69 Å². The Kier molecular flexibility index (Phi) is 1.78. The maximum absolute atomic E-state index is 4.81. The number of fused-ring (bicyclic) bond motifs is 2. The lowest BCUT2D eigenvalue weighted by molar-refractivity contribution is 0.340. The minimum absolute atomic E-state index is 0.236. The van der Waals surface area contributed by atoms with E-state index in [1.54, 1.807) is 0 Å². The molecule has 0 aromatic carbocycles. The number of hydrogen-bond donors (Lipinski definition) is 0. The molecule has 2 aromatic heterocycles. The van der Waals surface area contributed by atoms with E-state index in [1.165, 1.54) is 11.3 Å². The molecular formula is C14H18N2. The van der Waals surface area contributed by atoms with Gasteiger partial charge in [0.15, 0.2) is 0 Å². The number of aromatic nitrogens is 2. The molecule has 0 N–H and O–H groups in total. The molecule has 84 valence electrons. The van der Waals surface area contributed by atoms with E-state index < -0.39 is 0 Å². The fourth-order valence-corrected chi connectivity index (χ4v) is 2.93. The third-order valence-corrected chi connectivity index (χ3v) is 4.55. The second-order valence-electron chi connectivity index (χ2n) is 5.61. The first-order chi connectivity index (χ1) is 7.51. The molecule has 2 atom stereocenters. The van der Waals surface area contributed by atoms with Gasteiger partial charge in [-0.15, -0.1) is 0 Å². The smallest absolute Gasteiger partial charge is 0.136 e. The number of hydrogen-bond acceptors (Lipinski definition) is 1. The van der Waals surface area contributed by atoms with Gasteiger partial charge >= 0.3 is 0 Å². The molecule has 2 nitrogen and oxygen atoms in total. The fraction of sp³-hybridized carbons (Fsp3) is 0.500. The molecule has 0 saturated heterocycles. The molecule has 1 aliphatic carbocycles. The standard InChI is InChI=1S/C14H18N2/c1-9-10(2)14(3,4)11-8-16-7-5-6-12(16)15-13(9)11/h5-10H,1-4H3/t9-,10-/m1/s1. The van der Waals surface area contributed by atoms with Gasteiger partial charge in [0.1, 0.15) is 5.65 Å². The third kappa shape index (κ3) is 1.05. The van der Waals surface area contributed by atoms with Crippen LogP contribution in [0.15, 0.2) is 24.5 Å². The molecule has 16 heavy (non-hydrogen) atoms. The van der Waals surface area contributed by atoms with E-state index in [-0.39, 0.29) is 5.41 Å². The minimum atomic E-state index is 0.236. The summed E-state index contributed by atoms with van der Waals surface area (Å²) in [6.45, 7) is 9.29. The number of rotatable bonds is 0. The summed E-state index contributed by atoms with van der Waals surface area (Å²) < 4.78 is 2.13. The van der Waals surface area contributed by atoms with Crippen LogP contribution >= 0.6 is 0 Å². The van der Waals surface area contributed by atoms with Gasteiger partial charge in [-0.05, 0) is 29.0 Å². The van der Waals surface area contributed by atoms with Crippen molar-refractivity contribution in [2.24, 2.45) is 5.92 Å². The summed E-state index contributed by atoms with van der Waals surface area (Å²) in [5, 5.41) is 0. The van der Waals surface area contributed by atoms with Gasteiger partial charge in [-0.2, -0.15) is 0 Å². The first-order valence-corrected chi connectivity index (χ1v) is 6.00. The second-order valence-corrected chi connectivity index (χ2v) is 5.61. The van der Waals surface area contributed by atoms with Gasteiger partial charge in [-0.3, -0.25) is 0 Å². The molecule has 0 spiro atoms. The first kappa shape index (κ1) is 9.88. The van der Waals surface area contributed by atoms with Crippen molar-refractivity contribution in [3.05, 3.63) is 35.8 Å². The van der Waals surface area contributed by atoms with Crippen LogP contribution in [0, 0.1) is 5.92 Å².